The van der Waals surface area contributed by atoms with E-state index in [0.29, 0.717) is 27.9 Å². The van der Waals surface area contributed by atoms with Crippen LogP contribution in [0.25, 0.3) is 22.2 Å². The fourth-order valence-electron chi connectivity index (χ4n) is 3.55. The van der Waals surface area contributed by atoms with Crippen LogP contribution in [0, 0.1) is 20.8 Å². The van der Waals surface area contributed by atoms with Crippen molar-refractivity contribution in [3.8, 4) is 17.0 Å². The summed E-state index contributed by atoms with van der Waals surface area (Å²) in [6, 6.07) is 20.8. The summed E-state index contributed by atoms with van der Waals surface area (Å²) >= 11 is 0. The first-order valence-corrected chi connectivity index (χ1v) is 10.9. The van der Waals surface area contributed by atoms with Crippen LogP contribution < -0.4 is 10.1 Å². The molecule has 3 aromatic carbocycles. The molecule has 0 aliphatic rings. The van der Waals surface area contributed by atoms with Crippen molar-refractivity contribution >= 4 is 28.5 Å². The van der Waals surface area contributed by atoms with E-state index in [4.69, 9.17) is 14.5 Å². The van der Waals surface area contributed by atoms with E-state index >= 15 is 0 Å². The largest absolute Gasteiger partial charge is 0.481 e. The number of hydrogen-bond acceptors (Lipinski definition) is 5. The third-order valence-corrected chi connectivity index (χ3v) is 5.72. The fourth-order valence-corrected chi connectivity index (χ4v) is 3.55. The average Bonchev–Trinajstić information content (AvgIpc) is 2.84. The minimum atomic E-state index is -0.485. The van der Waals surface area contributed by atoms with Crippen molar-refractivity contribution in [2.45, 2.75) is 20.8 Å². The minimum Gasteiger partial charge on any atom is -0.481 e. The van der Waals surface area contributed by atoms with Crippen LogP contribution in [0.1, 0.15) is 27.0 Å². The van der Waals surface area contributed by atoms with Gasteiger partial charge in [-0.2, -0.15) is 0 Å². The molecule has 1 N–H and O–H groups in total. The van der Waals surface area contributed by atoms with Gasteiger partial charge >= 0.3 is 5.97 Å². The van der Waals surface area contributed by atoms with E-state index in [1.54, 1.807) is 24.3 Å². The Bertz CT molecular complexity index is 1380. The van der Waals surface area contributed by atoms with Crippen LogP contribution in [0.15, 0.2) is 66.7 Å². The number of nitrogens with one attached hydrogen (secondary N) is 1. The molecule has 6 nitrogen and oxygen atoms in total. The molecule has 0 fully saturated rings. The fraction of sp³-hybridized carbons (Fsp3) is 0.179. The van der Waals surface area contributed by atoms with E-state index in [2.05, 4.69) is 5.32 Å². The molecule has 0 saturated heterocycles. The summed E-state index contributed by atoms with van der Waals surface area (Å²) in [5.41, 5.74) is 6.85. The topological polar surface area (TPSA) is 77.5 Å². The van der Waals surface area contributed by atoms with Crippen LogP contribution in [-0.4, -0.2) is 30.6 Å². The molecule has 0 saturated carbocycles. The summed E-state index contributed by atoms with van der Waals surface area (Å²) in [6.07, 6.45) is 0. The van der Waals surface area contributed by atoms with E-state index in [-0.39, 0.29) is 12.5 Å². The van der Waals surface area contributed by atoms with Gasteiger partial charge in [-0.15, -0.1) is 0 Å². The number of hydrogen-bond donors (Lipinski definition) is 1. The second kappa shape index (κ2) is 9.75. The van der Waals surface area contributed by atoms with E-state index in [9.17, 15) is 9.59 Å². The van der Waals surface area contributed by atoms with Crippen molar-refractivity contribution < 1.29 is 19.1 Å². The molecule has 0 radical (unpaired) electrons. The molecular weight excluding hydrogens is 428 g/mol. The molecule has 0 bridgehead atoms. The molecule has 4 aromatic rings. The Kier molecular flexibility index (Phi) is 6.59. The van der Waals surface area contributed by atoms with Gasteiger partial charge < -0.3 is 14.8 Å². The highest BCUT2D eigenvalue weighted by Crippen LogP contribution is 2.32. The van der Waals surface area contributed by atoms with Gasteiger partial charge in [-0.05, 0) is 62.2 Å². The highest BCUT2D eigenvalue weighted by atomic mass is 16.6. The number of carbonyl (C=O) groups is 2. The molecule has 1 heterocycles. The summed E-state index contributed by atoms with van der Waals surface area (Å²) in [4.78, 5) is 29.3. The van der Waals surface area contributed by atoms with E-state index in [0.717, 1.165) is 27.9 Å². The Labute approximate surface area is 198 Å². The van der Waals surface area contributed by atoms with Gasteiger partial charge in [-0.3, -0.25) is 4.79 Å². The number of ether oxygens (including phenoxy) is 2. The Balaban J connectivity index is 1.71. The van der Waals surface area contributed by atoms with Crippen LogP contribution in [0.2, 0.25) is 0 Å². The maximum atomic E-state index is 12.8. The predicted molar refractivity (Wildman–Crippen MR) is 133 cm³/mol. The molecule has 0 unspecified atom stereocenters. The van der Waals surface area contributed by atoms with Crippen LogP contribution >= 0.6 is 0 Å². The van der Waals surface area contributed by atoms with Crippen molar-refractivity contribution in [3.63, 3.8) is 0 Å². The van der Waals surface area contributed by atoms with E-state index in [1.807, 2.05) is 63.2 Å². The Hall–Kier alpha value is -4.19. The lowest BCUT2D eigenvalue weighted by molar-refractivity contribution is -0.142. The van der Waals surface area contributed by atoms with E-state index < -0.39 is 5.97 Å². The van der Waals surface area contributed by atoms with Gasteiger partial charge in [0, 0.05) is 28.3 Å². The van der Waals surface area contributed by atoms with Crippen molar-refractivity contribution in [3.05, 3.63) is 89.0 Å². The molecule has 1 amide bonds. The summed E-state index contributed by atoms with van der Waals surface area (Å²) in [7, 11) is 1.31. The zero-order valence-corrected chi connectivity index (χ0v) is 19.6. The summed E-state index contributed by atoms with van der Waals surface area (Å²) in [5.74, 6) is -0.210. The van der Waals surface area contributed by atoms with Gasteiger partial charge in [0.15, 0.2) is 6.61 Å². The zero-order chi connectivity index (χ0) is 24.2. The normalized spacial score (nSPS) is 10.7. The first-order valence-electron chi connectivity index (χ1n) is 10.9. The zero-order valence-electron chi connectivity index (χ0n) is 19.6. The second-order valence-corrected chi connectivity index (χ2v) is 8.22. The summed E-state index contributed by atoms with van der Waals surface area (Å²) in [6.45, 7) is 5.77. The molecule has 4 rings (SSSR count). The monoisotopic (exact) mass is 454 g/mol. The quantitative estimate of drug-likeness (QED) is 0.382. The number of fused-ring (bicyclic) bond motifs is 1. The Morgan fingerprint density at radius 3 is 2.35 bits per heavy atom. The third-order valence-electron chi connectivity index (χ3n) is 5.72. The number of aromatic nitrogens is 1. The maximum absolute atomic E-state index is 12.8. The lowest BCUT2D eigenvalue weighted by Crippen LogP contribution is -2.13. The molecule has 0 atom stereocenters. The summed E-state index contributed by atoms with van der Waals surface area (Å²) < 4.78 is 10.5. The van der Waals surface area contributed by atoms with Crippen LogP contribution in [0.4, 0.5) is 5.69 Å². The van der Waals surface area contributed by atoms with Crippen LogP contribution in [0.5, 0.6) is 5.75 Å². The molecule has 0 aliphatic carbocycles. The standard InChI is InChI=1S/C28H26N2O4/c1-17-5-8-20(9-6-17)25-15-26(34-16-27(31)33-4)23-14-22(11-12-24(23)30-25)29-28(32)21-10-7-18(2)19(3)13-21/h5-15H,16H2,1-4H3,(H,29,32). The van der Waals surface area contributed by atoms with Gasteiger partial charge in [-0.25, -0.2) is 9.78 Å². The Morgan fingerprint density at radius 1 is 0.882 bits per heavy atom. The number of pyridine rings is 1. The molecule has 1 aromatic heterocycles. The third kappa shape index (κ3) is 5.07. The molecule has 0 spiro atoms. The smallest absolute Gasteiger partial charge is 0.343 e. The lowest BCUT2D eigenvalue weighted by atomic mass is 10.1. The van der Waals surface area contributed by atoms with Gasteiger partial charge in [0.1, 0.15) is 5.75 Å². The number of aryl methyl sites for hydroxylation is 3. The first kappa shape index (κ1) is 23.0. The number of benzene rings is 3. The van der Waals surface area contributed by atoms with Gasteiger partial charge in [0.25, 0.3) is 5.91 Å². The minimum absolute atomic E-state index is 0.205. The van der Waals surface area contributed by atoms with Crippen molar-refractivity contribution in [2.24, 2.45) is 0 Å². The number of rotatable bonds is 6. The highest BCUT2D eigenvalue weighted by molar-refractivity contribution is 6.05. The number of amides is 1. The number of carbonyl (C=O) groups excluding carboxylic acids is 2. The average molecular weight is 455 g/mol. The highest BCUT2D eigenvalue weighted by Gasteiger charge is 2.13. The van der Waals surface area contributed by atoms with Crippen molar-refractivity contribution in [1.29, 1.82) is 0 Å². The molecule has 6 heteroatoms. The Morgan fingerprint density at radius 2 is 1.65 bits per heavy atom. The van der Waals surface area contributed by atoms with Gasteiger partial charge in [0.2, 0.25) is 0 Å². The van der Waals surface area contributed by atoms with Gasteiger partial charge in [-0.1, -0.05) is 35.9 Å². The van der Waals surface area contributed by atoms with Crippen LogP contribution in [-0.2, 0) is 9.53 Å². The molecule has 172 valence electrons. The molecule has 34 heavy (non-hydrogen) atoms. The predicted octanol–water partition coefficient (Wildman–Crippen LogP) is 5.63. The maximum Gasteiger partial charge on any atom is 0.343 e. The molecular formula is C28H26N2O4. The van der Waals surface area contributed by atoms with Crippen molar-refractivity contribution in [1.82, 2.24) is 4.98 Å². The van der Waals surface area contributed by atoms with Crippen LogP contribution in [0.3, 0.4) is 0 Å². The number of esters is 1. The van der Waals surface area contributed by atoms with E-state index in [1.165, 1.54) is 7.11 Å². The first-order chi connectivity index (χ1) is 16.3. The van der Waals surface area contributed by atoms with Gasteiger partial charge in [0.05, 0.1) is 18.3 Å². The second-order valence-electron chi connectivity index (χ2n) is 8.22. The molecule has 0 aliphatic heterocycles. The lowest BCUT2D eigenvalue weighted by Gasteiger charge is -2.13. The number of methoxy groups -OCH3 is 1. The SMILES string of the molecule is COC(=O)COc1cc(-c2ccc(C)cc2)nc2ccc(NC(=O)c3ccc(C)c(C)c3)cc12. The summed E-state index contributed by atoms with van der Waals surface area (Å²) in [5, 5.41) is 3.62. The van der Waals surface area contributed by atoms with Crippen molar-refractivity contribution in [2.75, 3.05) is 19.0 Å². The number of anilines is 1. The number of nitrogens with zero attached hydrogens (tertiary/aromatic N) is 1.